The third kappa shape index (κ3) is 4.59. The van der Waals surface area contributed by atoms with E-state index in [2.05, 4.69) is 53.1 Å². The zero-order valence-electron chi connectivity index (χ0n) is 14.6. The zero-order valence-corrected chi connectivity index (χ0v) is 14.6. The van der Waals surface area contributed by atoms with Crippen LogP contribution < -0.4 is 4.90 Å². The second-order valence-electron chi connectivity index (χ2n) is 6.80. The fraction of sp³-hybridized carbons (Fsp3) is 0.429. The quantitative estimate of drug-likeness (QED) is 0.870. The minimum absolute atomic E-state index is 0.357. The van der Waals surface area contributed by atoms with Crippen molar-refractivity contribution in [1.82, 2.24) is 4.90 Å². The van der Waals surface area contributed by atoms with Gasteiger partial charge < -0.3 is 14.9 Å². The lowest BCUT2D eigenvalue weighted by molar-refractivity contribution is 0.107. The fourth-order valence-electron chi connectivity index (χ4n) is 3.40. The molecule has 0 aromatic heterocycles. The van der Waals surface area contributed by atoms with E-state index in [1.807, 2.05) is 18.2 Å². The molecule has 1 fully saturated rings. The molecule has 1 aliphatic rings. The first kappa shape index (κ1) is 17.0. The fourth-order valence-corrected chi connectivity index (χ4v) is 3.40. The van der Waals surface area contributed by atoms with E-state index in [1.54, 1.807) is 0 Å². The van der Waals surface area contributed by atoms with Gasteiger partial charge >= 0.3 is 0 Å². The molecule has 24 heavy (non-hydrogen) atoms. The number of benzene rings is 2. The predicted molar refractivity (Wildman–Crippen MR) is 101 cm³/mol. The first-order chi connectivity index (χ1) is 11.7. The van der Waals surface area contributed by atoms with Gasteiger partial charge in [-0.3, -0.25) is 0 Å². The zero-order chi connectivity index (χ0) is 16.8. The summed E-state index contributed by atoms with van der Waals surface area (Å²) in [6.07, 6.45) is 3.48. The van der Waals surface area contributed by atoms with Gasteiger partial charge in [-0.15, -0.1) is 0 Å². The van der Waals surface area contributed by atoms with Crippen LogP contribution in [0.15, 0.2) is 54.6 Å². The Bertz CT molecular complexity index is 605. The van der Waals surface area contributed by atoms with Crippen LogP contribution in [-0.4, -0.2) is 42.3 Å². The maximum atomic E-state index is 10.7. The summed E-state index contributed by atoms with van der Waals surface area (Å²) < 4.78 is 0. The summed E-state index contributed by atoms with van der Waals surface area (Å²) in [6.45, 7) is 5.71. The van der Waals surface area contributed by atoms with Gasteiger partial charge in [-0.25, -0.2) is 0 Å². The molecule has 2 aromatic carbocycles. The number of piperidine rings is 1. The number of nitrogens with zero attached hydrogens (tertiary/aromatic N) is 2. The Labute approximate surface area is 145 Å². The molecule has 0 unspecified atom stereocenters. The van der Waals surface area contributed by atoms with Crippen LogP contribution in [0.2, 0.25) is 0 Å². The lowest BCUT2D eigenvalue weighted by Crippen LogP contribution is -2.41. The number of aliphatic hydroxyl groups is 1. The molecule has 3 nitrogen and oxygen atoms in total. The van der Waals surface area contributed by atoms with Gasteiger partial charge in [0.15, 0.2) is 0 Å². The number of aryl methyl sites for hydroxylation is 1. The molecule has 0 spiro atoms. The Balaban J connectivity index is 1.73. The van der Waals surface area contributed by atoms with Gasteiger partial charge in [0.1, 0.15) is 0 Å². The van der Waals surface area contributed by atoms with Crippen molar-refractivity contribution in [3.8, 4) is 0 Å². The molecule has 0 radical (unpaired) electrons. The highest BCUT2D eigenvalue weighted by atomic mass is 16.3. The van der Waals surface area contributed by atoms with Crippen molar-refractivity contribution in [2.75, 3.05) is 31.1 Å². The van der Waals surface area contributed by atoms with Gasteiger partial charge in [-0.05, 0) is 57.1 Å². The molecule has 2 aromatic rings. The number of likely N-dealkylation sites (tertiary alicyclic amines) is 1. The van der Waals surface area contributed by atoms with E-state index in [0.29, 0.717) is 6.54 Å². The monoisotopic (exact) mass is 324 g/mol. The van der Waals surface area contributed by atoms with Crippen LogP contribution in [0.25, 0.3) is 0 Å². The van der Waals surface area contributed by atoms with Crippen LogP contribution in [0.1, 0.15) is 24.8 Å². The summed E-state index contributed by atoms with van der Waals surface area (Å²) in [5.41, 5.74) is 3.50. The number of rotatable bonds is 6. The molecule has 1 atom stereocenters. The van der Waals surface area contributed by atoms with Gasteiger partial charge in [0.25, 0.3) is 0 Å². The van der Waals surface area contributed by atoms with Crippen LogP contribution in [0.3, 0.4) is 0 Å². The van der Waals surface area contributed by atoms with Gasteiger partial charge in [0.05, 0.1) is 12.6 Å². The van der Waals surface area contributed by atoms with Crippen molar-refractivity contribution >= 4 is 11.4 Å². The lowest BCUT2D eigenvalue weighted by Gasteiger charge is -2.32. The summed E-state index contributed by atoms with van der Waals surface area (Å²) in [4.78, 5) is 4.61. The van der Waals surface area contributed by atoms with E-state index in [4.69, 9.17) is 0 Å². The summed E-state index contributed by atoms with van der Waals surface area (Å²) in [5.74, 6) is 0. The maximum absolute atomic E-state index is 10.7. The number of hydrogen-bond acceptors (Lipinski definition) is 3. The van der Waals surface area contributed by atoms with Gasteiger partial charge in [0, 0.05) is 17.9 Å². The predicted octanol–water partition coefficient (Wildman–Crippen LogP) is 3.98. The number of hydrogen-bond donors (Lipinski definition) is 1. The largest absolute Gasteiger partial charge is 0.390 e. The third-order valence-electron chi connectivity index (χ3n) is 4.72. The Hall–Kier alpha value is -1.84. The normalized spacial score (nSPS) is 16.8. The Kier molecular flexibility index (Phi) is 5.89. The van der Waals surface area contributed by atoms with Gasteiger partial charge in [0.2, 0.25) is 0 Å². The van der Waals surface area contributed by atoms with Crippen molar-refractivity contribution in [2.45, 2.75) is 32.3 Å². The topological polar surface area (TPSA) is 26.7 Å². The Morgan fingerprint density at radius 1 is 0.917 bits per heavy atom. The standard InChI is InChI=1S/C21H28N2O/c1-18-10-12-20(13-11-18)23(19-8-4-2-5-9-19)17-21(24)16-22-14-6-3-7-15-22/h2,4-5,8-13,21,24H,3,6-7,14-17H2,1H3/t21-/m1/s1. The SMILES string of the molecule is Cc1ccc(N(C[C@H](O)CN2CCCCC2)c2ccccc2)cc1. The Morgan fingerprint density at radius 3 is 2.21 bits per heavy atom. The van der Waals surface area contributed by atoms with E-state index >= 15 is 0 Å². The van der Waals surface area contributed by atoms with Crippen LogP contribution in [-0.2, 0) is 0 Å². The minimum atomic E-state index is -0.357. The summed E-state index contributed by atoms with van der Waals surface area (Å²) in [7, 11) is 0. The second kappa shape index (κ2) is 8.32. The van der Waals surface area contributed by atoms with Crippen molar-refractivity contribution in [3.05, 3.63) is 60.2 Å². The molecule has 1 aliphatic heterocycles. The molecular formula is C21H28N2O. The smallest absolute Gasteiger partial charge is 0.0845 e. The van der Waals surface area contributed by atoms with E-state index in [9.17, 15) is 5.11 Å². The Morgan fingerprint density at radius 2 is 1.54 bits per heavy atom. The summed E-state index contributed by atoms with van der Waals surface area (Å²) >= 11 is 0. The maximum Gasteiger partial charge on any atom is 0.0845 e. The number of aliphatic hydroxyl groups excluding tert-OH is 1. The van der Waals surface area contributed by atoms with E-state index in [1.165, 1.54) is 24.8 Å². The third-order valence-corrected chi connectivity index (χ3v) is 4.72. The molecule has 128 valence electrons. The molecule has 1 saturated heterocycles. The van der Waals surface area contributed by atoms with Crippen LogP contribution in [0.5, 0.6) is 0 Å². The van der Waals surface area contributed by atoms with Crippen LogP contribution in [0.4, 0.5) is 11.4 Å². The average molecular weight is 324 g/mol. The van der Waals surface area contributed by atoms with Crippen molar-refractivity contribution in [3.63, 3.8) is 0 Å². The van der Waals surface area contributed by atoms with E-state index in [-0.39, 0.29) is 6.10 Å². The highest BCUT2D eigenvalue weighted by molar-refractivity contribution is 5.63. The molecular weight excluding hydrogens is 296 g/mol. The van der Waals surface area contributed by atoms with Gasteiger partial charge in [-0.2, -0.15) is 0 Å². The molecule has 0 bridgehead atoms. The van der Waals surface area contributed by atoms with Crippen molar-refractivity contribution < 1.29 is 5.11 Å². The van der Waals surface area contributed by atoms with E-state index in [0.717, 1.165) is 31.0 Å². The highest BCUT2D eigenvalue weighted by Crippen LogP contribution is 2.26. The van der Waals surface area contributed by atoms with E-state index < -0.39 is 0 Å². The summed E-state index contributed by atoms with van der Waals surface area (Å²) in [5, 5.41) is 10.7. The molecule has 0 aliphatic carbocycles. The summed E-state index contributed by atoms with van der Waals surface area (Å²) in [6, 6.07) is 18.9. The highest BCUT2D eigenvalue weighted by Gasteiger charge is 2.18. The second-order valence-corrected chi connectivity index (χ2v) is 6.80. The molecule has 3 heteroatoms. The molecule has 0 amide bonds. The molecule has 3 rings (SSSR count). The first-order valence-corrected chi connectivity index (χ1v) is 9.02. The number of anilines is 2. The minimum Gasteiger partial charge on any atom is -0.390 e. The average Bonchev–Trinajstić information content (AvgIpc) is 2.62. The number of β-amino-alcohol motifs (C(OH)–C–C–N with tert-alkyl or cyclic N) is 1. The van der Waals surface area contributed by atoms with Crippen LogP contribution in [0, 0.1) is 6.92 Å². The lowest BCUT2D eigenvalue weighted by atomic mass is 10.1. The van der Waals surface area contributed by atoms with Crippen molar-refractivity contribution in [2.24, 2.45) is 0 Å². The van der Waals surface area contributed by atoms with Gasteiger partial charge in [-0.1, -0.05) is 42.3 Å². The first-order valence-electron chi connectivity index (χ1n) is 9.02. The molecule has 1 heterocycles. The van der Waals surface area contributed by atoms with Crippen LogP contribution >= 0.6 is 0 Å². The van der Waals surface area contributed by atoms with Crippen molar-refractivity contribution in [1.29, 1.82) is 0 Å². The molecule has 1 N–H and O–H groups in total. The number of para-hydroxylation sites is 1. The molecule has 0 saturated carbocycles.